The maximum atomic E-state index is 12.3. The molecule has 100 valence electrons. The molecule has 0 aliphatic rings. The number of halogens is 1. The van der Waals surface area contributed by atoms with E-state index in [-0.39, 0.29) is 9.92 Å². The van der Waals surface area contributed by atoms with Crippen molar-refractivity contribution in [2.24, 2.45) is 0 Å². The lowest BCUT2D eigenvalue weighted by Crippen LogP contribution is -2.14. The third-order valence-corrected chi connectivity index (χ3v) is 4.58. The molecule has 3 N–H and O–H groups in total. The molecule has 0 spiro atoms. The minimum atomic E-state index is -3.73. The van der Waals surface area contributed by atoms with E-state index in [1.54, 1.807) is 49.4 Å². The topological polar surface area (TPSA) is 72.2 Å². The number of nitrogens with two attached hydrogens (primary N) is 1. The van der Waals surface area contributed by atoms with Gasteiger partial charge in [-0.2, -0.15) is 0 Å². The summed E-state index contributed by atoms with van der Waals surface area (Å²) in [7, 11) is -3.73. The van der Waals surface area contributed by atoms with Crippen LogP contribution in [0.4, 0.5) is 11.4 Å². The average Bonchev–Trinajstić information content (AvgIpc) is 2.27. The van der Waals surface area contributed by atoms with Gasteiger partial charge in [-0.3, -0.25) is 4.72 Å². The summed E-state index contributed by atoms with van der Waals surface area (Å²) in [6.07, 6.45) is 0. The number of aryl methyl sites for hydroxylation is 1. The number of benzene rings is 2. The number of anilines is 2. The number of sulfonamides is 1. The van der Waals surface area contributed by atoms with Gasteiger partial charge in [-0.15, -0.1) is 0 Å². The zero-order chi connectivity index (χ0) is 14.0. The van der Waals surface area contributed by atoms with Gasteiger partial charge in [0.25, 0.3) is 10.0 Å². The Balaban J connectivity index is 2.44. The van der Waals surface area contributed by atoms with E-state index in [1.807, 2.05) is 0 Å². The molecule has 19 heavy (non-hydrogen) atoms. The molecule has 0 bridgehead atoms. The Hall–Kier alpha value is -1.72. The summed E-state index contributed by atoms with van der Waals surface area (Å²) in [4.78, 5) is 0.0825. The molecule has 0 heterocycles. The van der Waals surface area contributed by atoms with Crippen molar-refractivity contribution in [3.63, 3.8) is 0 Å². The highest BCUT2D eigenvalue weighted by atomic mass is 35.5. The zero-order valence-corrected chi connectivity index (χ0v) is 11.8. The van der Waals surface area contributed by atoms with Gasteiger partial charge in [0.15, 0.2) is 0 Å². The highest BCUT2D eigenvalue weighted by Gasteiger charge is 2.20. The van der Waals surface area contributed by atoms with Gasteiger partial charge in [-0.1, -0.05) is 29.8 Å². The van der Waals surface area contributed by atoms with E-state index in [2.05, 4.69) is 4.72 Å². The van der Waals surface area contributed by atoms with Crippen LogP contribution >= 0.6 is 11.6 Å². The third kappa shape index (κ3) is 3.00. The minimum Gasteiger partial charge on any atom is -0.399 e. The van der Waals surface area contributed by atoms with Crippen molar-refractivity contribution in [2.75, 3.05) is 10.5 Å². The van der Waals surface area contributed by atoms with Gasteiger partial charge >= 0.3 is 0 Å². The second-order valence-electron chi connectivity index (χ2n) is 4.12. The first kappa shape index (κ1) is 13.7. The van der Waals surface area contributed by atoms with Gasteiger partial charge in [0.05, 0.1) is 10.7 Å². The Kier molecular flexibility index (Phi) is 3.68. The van der Waals surface area contributed by atoms with Crippen LogP contribution in [0.25, 0.3) is 0 Å². The van der Waals surface area contributed by atoms with Crippen LogP contribution in [0, 0.1) is 6.92 Å². The van der Waals surface area contributed by atoms with Crippen molar-refractivity contribution in [1.82, 2.24) is 0 Å². The first-order chi connectivity index (χ1) is 8.90. The van der Waals surface area contributed by atoms with Gasteiger partial charge < -0.3 is 5.73 Å². The Morgan fingerprint density at radius 2 is 1.84 bits per heavy atom. The number of nitrogen functional groups attached to an aromatic ring is 1. The lowest BCUT2D eigenvalue weighted by atomic mass is 10.2. The molecule has 0 aliphatic carbocycles. The van der Waals surface area contributed by atoms with Gasteiger partial charge in [-0.25, -0.2) is 8.42 Å². The fraction of sp³-hybridized carbons (Fsp3) is 0.0769. The molecular weight excluding hydrogens is 284 g/mol. The largest absolute Gasteiger partial charge is 0.399 e. The molecule has 0 radical (unpaired) electrons. The second-order valence-corrected chi connectivity index (χ2v) is 6.14. The molecule has 0 saturated heterocycles. The highest BCUT2D eigenvalue weighted by molar-refractivity contribution is 7.92. The van der Waals surface area contributed by atoms with Crippen molar-refractivity contribution in [1.29, 1.82) is 0 Å². The van der Waals surface area contributed by atoms with Crippen LogP contribution in [0.2, 0.25) is 5.02 Å². The van der Waals surface area contributed by atoms with Crippen LogP contribution in [-0.4, -0.2) is 8.42 Å². The maximum Gasteiger partial charge on any atom is 0.263 e. The molecule has 2 rings (SSSR count). The summed E-state index contributed by atoms with van der Waals surface area (Å²) in [5.74, 6) is 0. The van der Waals surface area contributed by atoms with Gasteiger partial charge in [-0.05, 0) is 36.8 Å². The Labute approximate surface area is 117 Å². The number of hydrogen-bond donors (Lipinski definition) is 2. The molecule has 4 nitrogen and oxygen atoms in total. The maximum absolute atomic E-state index is 12.3. The summed E-state index contributed by atoms with van der Waals surface area (Å²) in [6.45, 7) is 1.69. The fourth-order valence-electron chi connectivity index (χ4n) is 1.77. The first-order valence-electron chi connectivity index (χ1n) is 5.53. The summed E-state index contributed by atoms with van der Waals surface area (Å²) in [5, 5.41) is 0.191. The van der Waals surface area contributed by atoms with Crippen LogP contribution in [0.3, 0.4) is 0 Å². The molecule has 2 aromatic rings. The average molecular weight is 297 g/mol. The van der Waals surface area contributed by atoms with Crippen LogP contribution in [-0.2, 0) is 10.0 Å². The SMILES string of the molecule is Cc1cccc(Cl)c1S(=O)(=O)Nc1cccc(N)c1. The smallest absolute Gasteiger partial charge is 0.263 e. The molecule has 0 atom stereocenters. The van der Waals surface area contributed by atoms with Crippen LogP contribution < -0.4 is 10.5 Å². The van der Waals surface area contributed by atoms with Crippen molar-refractivity contribution < 1.29 is 8.42 Å². The molecule has 0 amide bonds. The quantitative estimate of drug-likeness (QED) is 0.855. The third-order valence-electron chi connectivity index (χ3n) is 2.57. The van der Waals surface area contributed by atoms with Crippen molar-refractivity contribution in [3.8, 4) is 0 Å². The summed E-state index contributed by atoms with van der Waals surface area (Å²) >= 11 is 5.97. The van der Waals surface area contributed by atoms with Gasteiger partial charge in [0.2, 0.25) is 0 Å². The highest BCUT2D eigenvalue weighted by Crippen LogP contribution is 2.27. The zero-order valence-electron chi connectivity index (χ0n) is 10.2. The van der Waals surface area contributed by atoms with E-state index in [1.165, 1.54) is 0 Å². The number of rotatable bonds is 3. The lowest BCUT2D eigenvalue weighted by Gasteiger charge is -2.12. The molecule has 0 saturated carbocycles. The summed E-state index contributed by atoms with van der Waals surface area (Å²) in [6, 6.07) is 11.5. The molecular formula is C13H13ClN2O2S. The van der Waals surface area contributed by atoms with E-state index < -0.39 is 10.0 Å². The molecule has 0 aromatic heterocycles. The molecule has 0 unspecified atom stereocenters. The van der Waals surface area contributed by atoms with E-state index >= 15 is 0 Å². The van der Waals surface area contributed by atoms with Gasteiger partial charge in [0, 0.05) is 5.69 Å². The number of nitrogens with one attached hydrogen (secondary N) is 1. The van der Waals surface area contributed by atoms with E-state index in [0.717, 1.165) is 0 Å². The lowest BCUT2D eigenvalue weighted by molar-refractivity contribution is 0.600. The van der Waals surface area contributed by atoms with Crippen LogP contribution in [0.15, 0.2) is 47.4 Å². The normalized spacial score (nSPS) is 11.3. The molecule has 0 fully saturated rings. The number of hydrogen-bond acceptors (Lipinski definition) is 3. The van der Waals surface area contributed by atoms with E-state index in [9.17, 15) is 8.42 Å². The minimum absolute atomic E-state index is 0.0825. The summed E-state index contributed by atoms with van der Waals surface area (Å²) < 4.78 is 27.1. The predicted molar refractivity (Wildman–Crippen MR) is 77.9 cm³/mol. The van der Waals surface area contributed by atoms with Crippen molar-refractivity contribution in [2.45, 2.75) is 11.8 Å². The Morgan fingerprint density at radius 1 is 1.16 bits per heavy atom. The van der Waals surface area contributed by atoms with Crippen LogP contribution in [0.5, 0.6) is 0 Å². The summed E-state index contributed by atoms with van der Waals surface area (Å²) in [5.41, 5.74) is 7.09. The standard InChI is InChI=1S/C13H13ClN2O2S/c1-9-4-2-7-12(14)13(9)19(17,18)16-11-6-3-5-10(15)8-11/h2-8,16H,15H2,1H3. The predicted octanol–water partition coefficient (Wildman–Crippen LogP) is 3.03. The Morgan fingerprint density at radius 3 is 2.47 bits per heavy atom. The van der Waals surface area contributed by atoms with Crippen molar-refractivity contribution in [3.05, 3.63) is 53.1 Å². The molecule has 2 aromatic carbocycles. The molecule has 0 aliphatic heterocycles. The second kappa shape index (κ2) is 5.11. The van der Waals surface area contributed by atoms with E-state index in [4.69, 9.17) is 17.3 Å². The van der Waals surface area contributed by atoms with E-state index in [0.29, 0.717) is 16.9 Å². The van der Waals surface area contributed by atoms with Crippen molar-refractivity contribution >= 4 is 33.0 Å². The molecule has 6 heteroatoms. The monoisotopic (exact) mass is 296 g/mol. The Bertz CT molecular complexity index is 694. The van der Waals surface area contributed by atoms with Crippen LogP contribution in [0.1, 0.15) is 5.56 Å². The first-order valence-corrected chi connectivity index (χ1v) is 7.40. The fourth-order valence-corrected chi connectivity index (χ4v) is 3.65. The van der Waals surface area contributed by atoms with Gasteiger partial charge in [0.1, 0.15) is 4.90 Å².